The third kappa shape index (κ3) is 5.13. The zero-order chi connectivity index (χ0) is 25.2. The van der Waals surface area contributed by atoms with Gasteiger partial charge in [0.25, 0.3) is 5.92 Å². The molecule has 2 aromatic carbocycles. The molecule has 1 heterocycles. The summed E-state index contributed by atoms with van der Waals surface area (Å²) in [7, 11) is 0. The molecule has 0 aromatic heterocycles. The number of unbranched alkanes of at least 4 members (excludes halogenated alkanes) is 1. The fourth-order valence-electron chi connectivity index (χ4n) is 4.92. The minimum absolute atomic E-state index is 0.0358. The number of nitrogens with zero attached hydrogens (tertiary/aromatic N) is 1. The average Bonchev–Trinajstić information content (AvgIpc) is 3.34. The molecule has 7 nitrogen and oxygen atoms in total. The van der Waals surface area contributed by atoms with Crippen LogP contribution in [0.2, 0.25) is 0 Å². The minimum atomic E-state index is -3.29. The lowest BCUT2D eigenvalue weighted by atomic mass is 9.98. The summed E-state index contributed by atoms with van der Waals surface area (Å²) in [4.78, 5) is 37.9. The van der Waals surface area contributed by atoms with Crippen molar-refractivity contribution in [2.75, 3.05) is 13.2 Å². The number of benzene rings is 2. The van der Waals surface area contributed by atoms with Crippen LogP contribution in [-0.4, -0.2) is 59.1 Å². The fourth-order valence-corrected chi connectivity index (χ4v) is 4.92. The molecule has 2 aliphatic rings. The number of hydrogen-bond donors (Lipinski definition) is 2. The second kappa shape index (κ2) is 10.0. The van der Waals surface area contributed by atoms with Crippen LogP contribution in [0.4, 0.5) is 13.6 Å². The van der Waals surface area contributed by atoms with Crippen molar-refractivity contribution in [3.05, 3.63) is 59.7 Å². The van der Waals surface area contributed by atoms with Crippen LogP contribution in [0.5, 0.6) is 0 Å². The Kier molecular flexibility index (Phi) is 7.05. The van der Waals surface area contributed by atoms with E-state index in [0.717, 1.165) is 22.3 Å². The molecule has 1 aliphatic carbocycles. The Morgan fingerprint density at radius 3 is 2.29 bits per heavy atom. The molecule has 1 aliphatic heterocycles. The number of ether oxygens (including phenoxy) is 1. The van der Waals surface area contributed by atoms with Crippen molar-refractivity contribution in [2.24, 2.45) is 0 Å². The lowest BCUT2D eigenvalue weighted by Crippen LogP contribution is -2.52. The van der Waals surface area contributed by atoms with Gasteiger partial charge in [0.1, 0.15) is 18.7 Å². The van der Waals surface area contributed by atoms with Gasteiger partial charge in [-0.2, -0.15) is 0 Å². The van der Waals surface area contributed by atoms with Gasteiger partial charge in [0.05, 0.1) is 6.54 Å². The van der Waals surface area contributed by atoms with Gasteiger partial charge in [-0.15, -0.1) is 0 Å². The second-order valence-electron chi connectivity index (χ2n) is 9.04. The van der Waals surface area contributed by atoms with Crippen molar-refractivity contribution in [1.29, 1.82) is 0 Å². The molecule has 35 heavy (non-hydrogen) atoms. The molecule has 9 heteroatoms. The first-order valence-corrected chi connectivity index (χ1v) is 11.7. The van der Waals surface area contributed by atoms with E-state index < -0.39 is 48.9 Å². The van der Waals surface area contributed by atoms with Crippen LogP contribution < -0.4 is 5.32 Å². The van der Waals surface area contributed by atoms with Gasteiger partial charge in [-0.1, -0.05) is 68.3 Å². The molecule has 186 valence electrons. The Hall–Kier alpha value is -3.49. The number of nitrogens with one attached hydrogen (secondary N) is 1. The van der Waals surface area contributed by atoms with Crippen molar-refractivity contribution >= 4 is 18.0 Å². The summed E-state index contributed by atoms with van der Waals surface area (Å²) < 4.78 is 33.3. The average molecular weight is 487 g/mol. The zero-order valence-electron chi connectivity index (χ0n) is 19.4. The molecule has 2 atom stereocenters. The second-order valence-corrected chi connectivity index (χ2v) is 9.04. The van der Waals surface area contributed by atoms with Gasteiger partial charge in [-0.3, -0.25) is 4.79 Å². The Bertz CT molecular complexity index is 1080. The third-order valence-electron chi connectivity index (χ3n) is 6.62. The highest BCUT2D eigenvalue weighted by atomic mass is 19.3. The Morgan fingerprint density at radius 2 is 1.71 bits per heavy atom. The molecular weight excluding hydrogens is 458 g/mol. The number of rotatable bonds is 8. The fraction of sp³-hybridized carbons (Fsp3) is 0.423. The smallest absolute Gasteiger partial charge is 0.407 e. The number of halogens is 2. The topological polar surface area (TPSA) is 95.9 Å². The number of carboxylic acid groups (broad SMARTS) is 1. The molecule has 0 saturated carbocycles. The Morgan fingerprint density at radius 1 is 1.11 bits per heavy atom. The first-order valence-electron chi connectivity index (χ1n) is 11.7. The van der Waals surface area contributed by atoms with E-state index >= 15 is 0 Å². The molecule has 2 aromatic rings. The largest absolute Gasteiger partial charge is 0.480 e. The molecule has 1 fully saturated rings. The molecule has 0 bridgehead atoms. The first-order chi connectivity index (χ1) is 16.7. The standard InChI is InChI=1S/C26H28F2N2O5/c1-2-3-12-21(23(31)30-15-26(27,28)13-22(30)24(32)33)29-25(34)35-14-20-18-10-6-4-8-16(18)17-9-5-7-11-19(17)20/h4-11,20-22H,2-3,12-15H2,1H3,(H,29,34)(H,32,33)/t21?,22-/m1/s1. The van der Waals surface area contributed by atoms with E-state index in [1.807, 2.05) is 55.5 Å². The van der Waals surface area contributed by atoms with Gasteiger partial charge < -0.3 is 20.1 Å². The number of alkyl carbamates (subject to hydrolysis) is 1. The summed E-state index contributed by atoms with van der Waals surface area (Å²) in [5, 5.41) is 11.8. The summed E-state index contributed by atoms with van der Waals surface area (Å²) in [5.74, 6) is -5.80. The van der Waals surface area contributed by atoms with Gasteiger partial charge in [0.15, 0.2) is 0 Å². The van der Waals surface area contributed by atoms with Crippen molar-refractivity contribution < 1.29 is 33.0 Å². The molecule has 2 N–H and O–H groups in total. The van der Waals surface area contributed by atoms with Gasteiger partial charge in [-0.05, 0) is 28.7 Å². The highest BCUT2D eigenvalue weighted by Gasteiger charge is 2.51. The van der Waals surface area contributed by atoms with E-state index in [4.69, 9.17) is 4.74 Å². The van der Waals surface area contributed by atoms with Crippen LogP contribution in [0.15, 0.2) is 48.5 Å². The zero-order valence-corrected chi connectivity index (χ0v) is 19.4. The van der Waals surface area contributed by atoms with E-state index in [2.05, 4.69) is 5.32 Å². The first kappa shape index (κ1) is 24.6. The summed E-state index contributed by atoms with van der Waals surface area (Å²) in [6.07, 6.45) is -0.358. The number of carbonyl (C=O) groups excluding carboxylic acids is 2. The van der Waals surface area contributed by atoms with Crippen molar-refractivity contribution in [3.63, 3.8) is 0 Å². The lowest BCUT2D eigenvalue weighted by molar-refractivity contribution is -0.149. The van der Waals surface area contributed by atoms with Crippen molar-refractivity contribution in [1.82, 2.24) is 10.2 Å². The summed E-state index contributed by atoms with van der Waals surface area (Å²) in [6, 6.07) is 12.9. The monoisotopic (exact) mass is 486 g/mol. The molecular formula is C26H28F2N2O5. The maximum absolute atomic E-state index is 13.9. The number of likely N-dealkylation sites (tertiary alicyclic amines) is 1. The lowest BCUT2D eigenvalue weighted by Gasteiger charge is -2.27. The van der Waals surface area contributed by atoms with Crippen LogP contribution >= 0.6 is 0 Å². The van der Waals surface area contributed by atoms with Gasteiger partial charge >= 0.3 is 12.1 Å². The van der Waals surface area contributed by atoms with Crippen LogP contribution in [0, 0.1) is 0 Å². The molecule has 2 amide bonds. The number of amides is 2. The molecule has 1 unspecified atom stereocenters. The van der Waals surface area contributed by atoms with E-state index in [-0.39, 0.29) is 18.9 Å². The van der Waals surface area contributed by atoms with Gasteiger partial charge in [0, 0.05) is 12.3 Å². The SMILES string of the molecule is CCCCC(NC(=O)OCC1c2ccccc2-c2ccccc21)C(=O)N1CC(F)(F)C[C@@H]1C(=O)O. The highest BCUT2D eigenvalue weighted by molar-refractivity contribution is 5.90. The summed E-state index contributed by atoms with van der Waals surface area (Å²) >= 11 is 0. The van der Waals surface area contributed by atoms with E-state index in [0.29, 0.717) is 17.7 Å². The highest BCUT2D eigenvalue weighted by Crippen LogP contribution is 2.44. The molecule has 1 saturated heterocycles. The normalized spacial score (nSPS) is 19.1. The van der Waals surface area contributed by atoms with Crippen LogP contribution in [0.1, 0.15) is 49.7 Å². The van der Waals surface area contributed by atoms with Crippen LogP contribution in [0.25, 0.3) is 11.1 Å². The van der Waals surface area contributed by atoms with Crippen molar-refractivity contribution in [3.8, 4) is 11.1 Å². The maximum atomic E-state index is 13.9. The van der Waals surface area contributed by atoms with Crippen LogP contribution in [0.3, 0.4) is 0 Å². The Balaban J connectivity index is 1.45. The third-order valence-corrected chi connectivity index (χ3v) is 6.62. The van der Waals surface area contributed by atoms with Gasteiger partial charge in [-0.25, -0.2) is 18.4 Å². The number of alkyl halides is 2. The van der Waals surface area contributed by atoms with E-state index in [9.17, 15) is 28.3 Å². The van der Waals surface area contributed by atoms with E-state index in [1.165, 1.54) is 0 Å². The van der Waals surface area contributed by atoms with E-state index in [1.54, 1.807) is 0 Å². The van der Waals surface area contributed by atoms with Crippen LogP contribution in [-0.2, 0) is 14.3 Å². The number of carbonyl (C=O) groups is 3. The number of aliphatic carboxylic acids is 1. The summed E-state index contributed by atoms with van der Waals surface area (Å²) in [5.41, 5.74) is 4.21. The predicted octanol–water partition coefficient (Wildman–Crippen LogP) is 4.40. The number of fused-ring (bicyclic) bond motifs is 3. The number of carboxylic acids is 1. The summed E-state index contributed by atoms with van der Waals surface area (Å²) in [6.45, 7) is 0.935. The predicted molar refractivity (Wildman–Crippen MR) is 124 cm³/mol. The van der Waals surface area contributed by atoms with Crippen molar-refractivity contribution in [2.45, 2.75) is 56.5 Å². The quantitative estimate of drug-likeness (QED) is 0.577. The maximum Gasteiger partial charge on any atom is 0.407 e. The number of hydrogen-bond acceptors (Lipinski definition) is 4. The molecule has 0 spiro atoms. The Labute approximate surface area is 202 Å². The molecule has 0 radical (unpaired) electrons. The minimum Gasteiger partial charge on any atom is -0.480 e. The molecule has 4 rings (SSSR count). The van der Waals surface area contributed by atoms with Gasteiger partial charge in [0.2, 0.25) is 5.91 Å².